The van der Waals surface area contributed by atoms with Crippen LogP contribution in [-0.4, -0.2) is 15.4 Å². The summed E-state index contributed by atoms with van der Waals surface area (Å²) in [6.07, 6.45) is 4.17. The number of rotatable bonds is 1. The van der Waals surface area contributed by atoms with Gasteiger partial charge >= 0.3 is 0 Å². The molecule has 1 rings (SSSR count). The highest BCUT2D eigenvalue weighted by atomic mass is 35.5. The topological polar surface area (TPSA) is 53.8 Å². The highest BCUT2D eigenvalue weighted by Gasteiger charge is 2.06. The molecule has 1 aromatic rings. The van der Waals surface area contributed by atoms with E-state index in [9.17, 15) is 4.21 Å². The summed E-state index contributed by atoms with van der Waals surface area (Å²) in [4.78, 5) is 4.02. The maximum Gasteiger partial charge on any atom is 0.0838 e. The molecule has 1 N–H and O–H groups in total. The van der Waals surface area contributed by atoms with E-state index in [4.69, 9.17) is 16.4 Å². The predicted molar refractivity (Wildman–Crippen MR) is 44.3 cm³/mol. The highest BCUT2D eigenvalue weighted by molar-refractivity contribution is 7.91. The summed E-state index contributed by atoms with van der Waals surface area (Å²) in [5.41, 5.74) is 0. The van der Waals surface area contributed by atoms with Gasteiger partial charge in [0.15, 0.2) is 0 Å². The van der Waals surface area contributed by atoms with Gasteiger partial charge in [-0.2, -0.15) is 0 Å². The highest BCUT2D eigenvalue weighted by Crippen LogP contribution is 2.18. The molecule has 1 aromatic heterocycles. The molecular weight excluding hydrogens is 184 g/mol. The van der Waals surface area contributed by atoms with E-state index >= 15 is 0 Å². The normalized spacial score (nSPS) is 15.8. The van der Waals surface area contributed by atoms with Crippen molar-refractivity contribution in [2.24, 2.45) is 0 Å². The molecule has 0 saturated carbocycles. The Hall–Kier alpha value is -0.610. The van der Waals surface area contributed by atoms with E-state index in [0.717, 1.165) is 0 Å². The smallest absolute Gasteiger partial charge is 0.0838 e. The van der Waals surface area contributed by atoms with Crippen molar-refractivity contribution < 1.29 is 4.21 Å². The zero-order valence-electron chi connectivity index (χ0n) is 5.87. The van der Waals surface area contributed by atoms with E-state index in [1.807, 2.05) is 0 Å². The van der Waals surface area contributed by atoms with Crippen LogP contribution in [0.1, 0.15) is 0 Å². The van der Waals surface area contributed by atoms with Gasteiger partial charge < -0.3 is 0 Å². The van der Waals surface area contributed by atoms with Crippen molar-refractivity contribution in [3.63, 3.8) is 0 Å². The van der Waals surface area contributed by atoms with Crippen molar-refractivity contribution in [2.45, 2.75) is 4.90 Å². The lowest BCUT2D eigenvalue weighted by atomic mass is 10.5. The fourth-order valence-corrected chi connectivity index (χ4v) is 1.90. The van der Waals surface area contributed by atoms with Crippen molar-refractivity contribution in [3.8, 4) is 0 Å². The lowest BCUT2D eigenvalue weighted by molar-refractivity contribution is 0.678. The molecule has 0 aromatic carbocycles. The Morgan fingerprint density at radius 3 is 2.73 bits per heavy atom. The van der Waals surface area contributed by atoms with Gasteiger partial charge in [0.1, 0.15) is 0 Å². The lowest BCUT2D eigenvalue weighted by Crippen LogP contribution is -1.96. The van der Waals surface area contributed by atoms with Crippen LogP contribution < -0.4 is 0 Å². The van der Waals surface area contributed by atoms with Crippen LogP contribution in [0, 0.1) is 4.78 Å². The Balaban J connectivity index is 3.37. The van der Waals surface area contributed by atoms with Crippen LogP contribution in [0.2, 0.25) is 5.02 Å². The molecule has 0 saturated heterocycles. The third-order valence-corrected chi connectivity index (χ3v) is 2.76. The number of aromatic nitrogens is 1. The average molecular weight is 191 g/mol. The Morgan fingerprint density at radius 2 is 2.36 bits per heavy atom. The van der Waals surface area contributed by atoms with Crippen molar-refractivity contribution in [2.75, 3.05) is 6.26 Å². The van der Waals surface area contributed by atoms with Crippen LogP contribution in [0.5, 0.6) is 0 Å². The first kappa shape index (κ1) is 8.49. The predicted octanol–water partition coefficient (Wildman–Crippen LogP) is 1.77. The summed E-state index contributed by atoms with van der Waals surface area (Å²) in [6, 6.07) is 1.52. The molecule has 0 radical (unpaired) electrons. The molecule has 3 nitrogen and oxygen atoms in total. The van der Waals surface area contributed by atoms with Gasteiger partial charge in [0.25, 0.3) is 0 Å². The Labute approximate surface area is 70.4 Å². The molecule has 0 aliphatic carbocycles. The third kappa shape index (κ3) is 1.91. The van der Waals surface area contributed by atoms with Gasteiger partial charge in [-0.15, -0.1) is 0 Å². The Bertz CT molecular complexity index is 361. The van der Waals surface area contributed by atoms with Crippen molar-refractivity contribution in [1.82, 2.24) is 4.98 Å². The summed E-state index contributed by atoms with van der Waals surface area (Å²) < 4.78 is 18.4. The second-order valence-electron chi connectivity index (χ2n) is 2.15. The van der Waals surface area contributed by atoms with Crippen molar-refractivity contribution in [1.29, 1.82) is 4.78 Å². The molecule has 0 bridgehead atoms. The maximum atomic E-state index is 11.2. The van der Waals surface area contributed by atoms with Gasteiger partial charge in [-0.3, -0.25) is 4.98 Å². The summed E-state index contributed by atoms with van der Waals surface area (Å²) in [7, 11) is -2.73. The molecule has 0 fully saturated rings. The quantitative estimate of drug-likeness (QED) is 0.734. The van der Waals surface area contributed by atoms with Crippen LogP contribution in [0.25, 0.3) is 0 Å². The number of pyridine rings is 1. The minimum atomic E-state index is -2.73. The average Bonchev–Trinajstić information content (AvgIpc) is 1.86. The molecule has 0 aliphatic rings. The first-order valence-corrected chi connectivity index (χ1v) is 5.19. The third-order valence-electron chi connectivity index (χ3n) is 1.15. The monoisotopic (exact) mass is 190 g/mol. The number of hydrogen-bond acceptors (Lipinski definition) is 3. The van der Waals surface area contributed by atoms with Gasteiger partial charge in [-0.25, -0.2) is 8.99 Å². The molecule has 0 amide bonds. The molecule has 1 unspecified atom stereocenters. The van der Waals surface area contributed by atoms with E-state index in [1.54, 1.807) is 0 Å². The lowest BCUT2D eigenvalue weighted by Gasteiger charge is -2.00. The Kier molecular flexibility index (Phi) is 2.15. The largest absolute Gasteiger partial charge is 0.263 e. The molecule has 0 aliphatic heterocycles. The van der Waals surface area contributed by atoms with Crippen LogP contribution in [0.3, 0.4) is 0 Å². The fraction of sp³-hybridized carbons (Fsp3) is 0.167. The van der Waals surface area contributed by atoms with Gasteiger partial charge in [0.2, 0.25) is 0 Å². The van der Waals surface area contributed by atoms with Crippen LogP contribution in [0.4, 0.5) is 0 Å². The van der Waals surface area contributed by atoms with Crippen molar-refractivity contribution >= 4 is 21.3 Å². The first-order chi connectivity index (χ1) is 5.02. The second kappa shape index (κ2) is 2.79. The van der Waals surface area contributed by atoms with Crippen LogP contribution in [-0.2, 0) is 9.73 Å². The summed E-state index contributed by atoms with van der Waals surface area (Å²) in [5, 5.41) is 0.336. The fourth-order valence-electron chi connectivity index (χ4n) is 0.650. The van der Waals surface area contributed by atoms with Gasteiger partial charge in [-0.1, -0.05) is 11.6 Å². The molecule has 1 atom stereocenters. The molecule has 0 spiro atoms. The van der Waals surface area contributed by atoms with E-state index in [2.05, 4.69) is 4.98 Å². The van der Waals surface area contributed by atoms with Gasteiger partial charge in [-0.05, 0) is 6.07 Å². The number of nitrogens with one attached hydrogen (secondary N) is 1. The van der Waals surface area contributed by atoms with Crippen LogP contribution in [0.15, 0.2) is 23.4 Å². The van der Waals surface area contributed by atoms with E-state index in [-0.39, 0.29) is 0 Å². The Morgan fingerprint density at radius 1 is 1.73 bits per heavy atom. The van der Waals surface area contributed by atoms with Crippen LogP contribution >= 0.6 is 11.6 Å². The summed E-state index contributed by atoms with van der Waals surface area (Å²) in [5.74, 6) is 0. The van der Waals surface area contributed by atoms with Gasteiger partial charge in [0.05, 0.1) is 19.6 Å². The maximum absolute atomic E-state index is 11.2. The zero-order chi connectivity index (χ0) is 8.48. The molecule has 5 heteroatoms. The summed E-state index contributed by atoms with van der Waals surface area (Å²) in [6.45, 7) is 0. The van der Waals surface area contributed by atoms with E-state index in [1.165, 1.54) is 24.7 Å². The summed E-state index contributed by atoms with van der Waals surface area (Å²) >= 11 is 5.67. The molecule has 1 heterocycles. The first-order valence-electron chi connectivity index (χ1n) is 2.85. The van der Waals surface area contributed by atoms with E-state index in [0.29, 0.717) is 9.92 Å². The SMILES string of the molecule is CS(=N)(=O)c1cnccc1Cl. The molecule has 60 valence electrons. The number of halogens is 1. The number of hydrogen-bond donors (Lipinski definition) is 1. The molecular formula is C6H7ClN2OS. The second-order valence-corrected chi connectivity index (χ2v) is 4.68. The number of nitrogens with zero attached hydrogens (tertiary/aromatic N) is 1. The minimum absolute atomic E-state index is 0.293. The minimum Gasteiger partial charge on any atom is -0.263 e. The zero-order valence-corrected chi connectivity index (χ0v) is 7.45. The van der Waals surface area contributed by atoms with Gasteiger partial charge in [0, 0.05) is 18.6 Å². The van der Waals surface area contributed by atoms with Crippen molar-refractivity contribution in [3.05, 3.63) is 23.5 Å². The molecule has 11 heavy (non-hydrogen) atoms. The van der Waals surface area contributed by atoms with E-state index < -0.39 is 9.73 Å². The standard InChI is InChI=1S/C6H7ClN2OS/c1-11(8,10)6-4-9-3-2-5(6)7/h2-4,8H,1H3.